The van der Waals surface area contributed by atoms with Gasteiger partial charge in [-0.2, -0.15) is 10.1 Å². The second-order valence-corrected chi connectivity index (χ2v) is 10.6. The van der Waals surface area contributed by atoms with E-state index in [0.29, 0.717) is 11.1 Å². The maximum absolute atomic E-state index is 12.8. The zero-order chi connectivity index (χ0) is 20.5. The molecule has 1 aliphatic rings. The summed E-state index contributed by atoms with van der Waals surface area (Å²) in [7, 11) is 1.87. The van der Waals surface area contributed by atoms with Gasteiger partial charge in [-0.1, -0.05) is 20.8 Å². The Hall–Kier alpha value is -1.87. The number of carbonyl (C=O) groups is 1. The number of rotatable bonds is 5. The number of amides is 1. The van der Waals surface area contributed by atoms with E-state index in [1.54, 1.807) is 16.4 Å². The van der Waals surface area contributed by atoms with Gasteiger partial charge in [-0.3, -0.25) is 19.9 Å². The second-order valence-electron chi connectivity index (χ2n) is 8.69. The third-order valence-corrected chi connectivity index (χ3v) is 6.36. The summed E-state index contributed by atoms with van der Waals surface area (Å²) in [6.07, 6.45) is 1.95. The molecule has 28 heavy (non-hydrogen) atoms. The lowest BCUT2D eigenvalue weighted by molar-refractivity contribution is -0.117. The number of carbonyl (C=O) groups excluding carboxylic acids is 1. The van der Waals surface area contributed by atoms with Gasteiger partial charge in [-0.15, -0.1) is 16.9 Å². The molecule has 0 aromatic carbocycles. The maximum atomic E-state index is 12.8. The largest absolute Gasteiger partial charge is 0.381 e. The minimum atomic E-state index is -0.575. The fraction of sp³-hybridized carbons (Fsp3) is 0.684. The van der Waals surface area contributed by atoms with Crippen molar-refractivity contribution in [3.63, 3.8) is 0 Å². The van der Waals surface area contributed by atoms with Crippen LogP contribution in [0, 0.1) is 0 Å². The SMILES string of the molecule is Cn1nc(C(C)(C)C)cc1-c1nc(NC(=O)C(C)(C)SC2CCOCC2)n[nH]1. The number of H-pyrrole nitrogens is 1. The van der Waals surface area contributed by atoms with Crippen molar-refractivity contribution < 1.29 is 9.53 Å². The molecular weight excluding hydrogens is 376 g/mol. The first-order valence-electron chi connectivity index (χ1n) is 9.60. The van der Waals surface area contributed by atoms with E-state index in [1.807, 2.05) is 27.0 Å². The highest BCUT2D eigenvalue weighted by atomic mass is 32.2. The van der Waals surface area contributed by atoms with Gasteiger partial charge in [0.15, 0.2) is 5.82 Å². The fourth-order valence-electron chi connectivity index (χ4n) is 3.00. The van der Waals surface area contributed by atoms with E-state index in [4.69, 9.17) is 4.74 Å². The number of nitrogens with zero attached hydrogens (tertiary/aromatic N) is 4. The Bertz CT molecular complexity index is 830. The van der Waals surface area contributed by atoms with Crippen LogP contribution in [0.1, 0.15) is 53.2 Å². The number of thioether (sulfide) groups is 1. The minimum absolute atomic E-state index is 0.0571. The van der Waals surface area contributed by atoms with E-state index in [0.717, 1.165) is 37.4 Å². The van der Waals surface area contributed by atoms with Crippen LogP contribution in [0.25, 0.3) is 11.5 Å². The summed E-state index contributed by atoms with van der Waals surface area (Å²) in [6, 6.07) is 2.00. The van der Waals surface area contributed by atoms with Crippen molar-refractivity contribution in [2.24, 2.45) is 7.05 Å². The topological polar surface area (TPSA) is 97.7 Å². The van der Waals surface area contributed by atoms with E-state index >= 15 is 0 Å². The standard InChI is InChI=1S/C19H30N6O2S/c1-18(2,3)14-11-13(25(6)24-14)15-20-17(23-22-15)21-16(26)19(4,5)28-12-7-9-27-10-8-12/h11-12H,7-10H2,1-6H3,(H2,20,21,22,23,26). The van der Waals surface area contributed by atoms with Crippen molar-refractivity contribution in [3.05, 3.63) is 11.8 Å². The summed E-state index contributed by atoms with van der Waals surface area (Å²) in [5, 5.41) is 14.9. The number of hydrogen-bond acceptors (Lipinski definition) is 6. The Balaban J connectivity index is 1.68. The quantitative estimate of drug-likeness (QED) is 0.792. The van der Waals surface area contributed by atoms with Gasteiger partial charge < -0.3 is 4.74 Å². The average molecular weight is 407 g/mol. The van der Waals surface area contributed by atoms with Crippen LogP contribution < -0.4 is 5.32 Å². The molecule has 1 amide bonds. The van der Waals surface area contributed by atoms with Crippen molar-refractivity contribution in [3.8, 4) is 11.5 Å². The van der Waals surface area contributed by atoms with Gasteiger partial charge in [0.2, 0.25) is 11.9 Å². The zero-order valence-electron chi connectivity index (χ0n) is 17.5. The molecule has 3 rings (SSSR count). The average Bonchev–Trinajstić information content (AvgIpc) is 3.21. The smallest absolute Gasteiger partial charge is 0.249 e. The molecule has 2 aromatic heterocycles. The summed E-state index contributed by atoms with van der Waals surface area (Å²) < 4.78 is 6.60. The van der Waals surface area contributed by atoms with Crippen LogP contribution in [0.5, 0.6) is 0 Å². The van der Waals surface area contributed by atoms with E-state index in [-0.39, 0.29) is 17.3 Å². The molecule has 2 aromatic rings. The Morgan fingerprint density at radius 1 is 1.29 bits per heavy atom. The third kappa shape index (κ3) is 4.75. The lowest BCUT2D eigenvalue weighted by Crippen LogP contribution is -2.37. The van der Waals surface area contributed by atoms with Gasteiger partial charge in [-0.05, 0) is 32.8 Å². The molecule has 0 unspecified atom stereocenters. The molecular formula is C19H30N6O2S. The van der Waals surface area contributed by atoms with Crippen LogP contribution in [0.3, 0.4) is 0 Å². The van der Waals surface area contributed by atoms with Gasteiger partial charge in [0.05, 0.1) is 10.4 Å². The Morgan fingerprint density at radius 2 is 1.96 bits per heavy atom. The van der Waals surface area contributed by atoms with Crippen molar-refractivity contribution in [1.29, 1.82) is 0 Å². The molecule has 0 aliphatic carbocycles. The summed E-state index contributed by atoms with van der Waals surface area (Å²) in [4.78, 5) is 17.2. The molecule has 0 saturated carbocycles. The zero-order valence-corrected chi connectivity index (χ0v) is 18.3. The van der Waals surface area contributed by atoms with Gasteiger partial charge in [-0.25, -0.2) is 0 Å². The van der Waals surface area contributed by atoms with Crippen LogP contribution >= 0.6 is 11.8 Å². The summed E-state index contributed by atoms with van der Waals surface area (Å²) >= 11 is 1.69. The second kappa shape index (κ2) is 7.87. The first-order chi connectivity index (χ1) is 13.1. The first kappa shape index (κ1) is 20.9. The van der Waals surface area contributed by atoms with Crippen LogP contribution in [0.15, 0.2) is 6.07 Å². The van der Waals surface area contributed by atoms with Crippen LogP contribution in [-0.2, 0) is 22.0 Å². The first-order valence-corrected chi connectivity index (χ1v) is 10.5. The molecule has 0 radical (unpaired) electrons. The molecule has 2 N–H and O–H groups in total. The fourth-order valence-corrected chi connectivity index (χ4v) is 4.42. The number of hydrogen-bond donors (Lipinski definition) is 2. The van der Waals surface area contributed by atoms with Gasteiger partial charge in [0.25, 0.3) is 0 Å². The molecule has 0 spiro atoms. The highest BCUT2D eigenvalue weighted by Gasteiger charge is 2.33. The normalized spacial score (nSPS) is 16.4. The Labute approximate surface area is 170 Å². The monoisotopic (exact) mass is 406 g/mol. The molecule has 1 aliphatic heterocycles. The number of aromatic nitrogens is 5. The van der Waals surface area contributed by atoms with E-state index in [2.05, 4.69) is 46.4 Å². The molecule has 154 valence electrons. The maximum Gasteiger partial charge on any atom is 0.249 e. The molecule has 1 fully saturated rings. The Morgan fingerprint density at radius 3 is 2.57 bits per heavy atom. The van der Waals surface area contributed by atoms with Gasteiger partial charge in [0, 0.05) is 30.9 Å². The number of nitrogens with one attached hydrogen (secondary N) is 2. The van der Waals surface area contributed by atoms with E-state index in [1.165, 1.54) is 0 Å². The number of aryl methyl sites for hydroxylation is 1. The highest BCUT2D eigenvalue weighted by Crippen LogP contribution is 2.34. The van der Waals surface area contributed by atoms with Crippen molar-refractivity contribution in [2.45, 2.75) is 62.9 Å². The predicted molar refractivity (Wildman–Crippen MR) is 111 cm³/mol. The van der Waals surface area contributed by atoms with Crippen molar-refractivity contribution in [2.75, 3.05) is 18.5 Å². The molecule has 9 heteroatoms. The third-order valence-electron chi connectivity index (χ3n) is 4.78. The number of anilines is 1. The lowest BCUT2D eigenvalue weighted by Gasteiger charge is -2.30. The Kier molecular flexibility index (Phi) is 5.86. The molecule has 0 bridgehead atoms. The lowest BCUT2D eigenvalue weighted by atomic mass is 9.92. The van der Waals surface area contributed by atoms with Crippen molar-refractivity contribution in [1.82, 2.24) is 25.0 Å². The number of ether oxygens (including phenoxy) is 1. The molecule has 3 heterocycles. The summed E-state index contributed by atoms with van der Waals surface area (Å²) in [6.45, 7) is 11.7. The molecule has 1 saturated heterocycles. The van der Waals surface area contributed by atoms with E-state index < -0.39 is 4.75 Å². The predicted octanol–water partition coefficient (Wildman–Crippen LogP) is 3.13. The minimum Gasteiger partial charge on any atom is -0.381 e. The summed E-state index contributed by atoms with van der Waals surface area (Å²) in [5.41, 5.74) is 1.74. The van der Waals surface area contributed by atoms with E-state index in [9.17, 15) is 4.79 Å². The number of aromatic amines is 1. The highest BCUT2D eigenvalue weighted by molar-refractivity contribution is 8.02. The van der Waals surface area contributed by atoms with Crippen LogP contribution in [0.4, 0.5) is 5.95 Å². The van der Waals surface area contributed by atoms with Crippen LogP contribution in [0.2, 0.25) is 0 Å². The molecule has 8 nitrogen and oxygen atoms in total. The van der Waals surface area contributed by atoms with Crippen molar-refractivity contribution >= 4 is 23.6 Å². The molecule has 0 atom stereocenters. The van der Waals surface area contributed by atoms with Gasteiger partial charge >= 0.3 is 0 Å². The van der Waals surface area contributed by atoms with Crippen LogP contribution in [-0.4, -0.2) is 54.1 Å². The van der Waals surface area contributed by atoms with Gasteiger partial charge in [0.1, 0.15) is 5.69 Å². The summed E-state index contributed by atoms with van der Waals surface area (Å²) in [5.74, 6) is 0.754.